The molecule has 38 heavy (non-hydrogen) atoms. The summed E-state index contributed by atoms with van der Waals surface area (Å²) >= 11 is 1.47. The fourth-order valence-electron chi connectivity index (χ4n) is 6.07. The van der Waals surface area contributed by atoms with E-state index in [2.05, 4.69) is 4.98 Å². The number of likely N-dealkylation sites (N-methyl/N-ethyl adjacent to an activating group) is 1. The van der Waals surface area contributed by atoms with Crippen molar-refractivity contribution in [2.75, 3.05) is 14.1 Å². The number of aliphatic hydroxyl groups excluding tert-OH is 2. The van der Waals surface area contributed by atoms with Crippen molar-refractivity contribution in [3.05, 3.63) is 67.6 Å². The molecule has 0 bridgehead atoms. The topological polar surface area (TPSA) is 174 Å². The fraction of sp³-hybridized carbons (Fsp3) is 0.333. The Hall–Kier alpha value is -3.80. The SMILES string of the molecule is Cc1ncsc1/C=C/c1ccc(O)c2c1C[C@@H]1C[C@H]3[C@H](N(C)C)C(O)=C(C(N)=O)C(=O)[C@]3(O)C(O)=C1C2=O. The lowest BCUT2D eigenvalue weighted by Gasteiger charge is -2.50. The van der Waals surface area contributed by atoms with Crippen LogP contribution in [0.15, 0.2) is 40.3 Å². The second-order valence-electron chi connectivity index (χ2n) is 10.1. The number of aryl methyl sites for hydroxylation is 1. The summed E-state index contributed by atoms with van der Waals surface area (Å²) in [5.41, 5.74) is 5.53. The van der Waals surface area contributed by atoms with Gasteiger partial charge < -0.3 is 26.2 Å². The summed E-state index contributed by atoms with van der Waals surface area (Å²) in [5, 5.41) is 44.5. The third kappa shape index (κ3) is 3.53. The number of aromatic hydroxyl groups is 1. The number of nitrogens with zero attached hydrogens (tertiary/aromatic N) is 2. The molecular weight excluding hydrogens is 510 g/mol. The molecule has 0 saturated carbocycles. The second-order valence-corrected chi connectivity index (χ2v) is 11.0. The molecule has 198 valence electrons. The minimum absolute atomic E-state index is 0.0195. The first kappa shape index (κ1) is 25.8. The van der Waals surface area contributed by atoms with Crippen LogP contribution in [0.2, 0.25) is 0 Å². The quantitative estimate of drug-likeness (QED) is 0.366. The van der Waals surface area contributed by atoms with Crippen molar-refractivity contribution >= 4 is 41.0 Å². The lowest BCUT2D eigenvalue weighted by molar-refractivity contribution is -0.148. The van der Waals surface area contributed by atoms with Crippen LogP contribution in [-0.2, 0) is 16.0 Å². The van der Waals surface area contributed by atoms with E-state index in [1.54, 1.807) is 25.7 Å². The number of carbonyl (C=O) groups is 3. The Kier molecular flexibility index (Phi) is 6.05. The molecule has 10 nitrogen and oxygen atoms in total. The van der Waals surface area contributed by atoms with Gasteiger partial charge in [0.15, 0.2) is 11.4 Å². The number of phenols is 1. The highest BCUT2D eigenvalue weighted by Crippen LogP contribution is 2.52. The highest BCUT2D eigenvalue weighted by Gasteiger charge is 2.63. The molecular formula is C27H27N3O7S. The van der Waals surface area contributed by atoms with Gasteiger partial charge in [-0.2, -0.15) is 0 Å². The van der Waals surface area contributed by atoms with Gasteiger partial charge in [0.25, 0.3) is 5.91 Å². The normalized spacial score (nSPS) is 27.1. The number of hydrogen-bond acceptors (Lipinski definition) is 10. The van der Waals surface area contributed by atoms with Gasteiger partial charge in [-0.25, -0.2) is 4.98 Å². The Morgan fingerprint density at radius 1 is 1.21 bits per heavy atom. The first-order valence-corrected chi connectivity index (χ1v) is 12.8. The summed E-state index contributed by atoms with van der Waals surface area (Å²) < 4.78 is 0. The van der Waals surface area contributed by atoms with E-state index in [1.165, 1.54) is 22.3 Å². The van der Waals surface area contributed by atoms with Gasteiger partial charge in [-0.3, -0.25) is 19.3 Å². The van der Waals surface area contributed by atoms with Gasteiger partial charge in [0.2, 0.25) is 5.78 Å². The van der Waals surface area contributed by atoms with E-state index >= 15 is 0 Å². The molecule has 1 aromatic carbocycles. The average molecular weight is 538 g/mol. The molecule has 1 amide bonds. The van der Waals surface area contributed by atoms with Crippen LogP contribution >= 0.6 is 11.3 Å². The van der Waals surface area contributed by atoms with Gasteiger partial charge in [0.1, 0.15) is 22.8 Å². The van der Waals surface area contributed by atoms with Crippen LogP contribution < -0.4 is 5.73 Å². The molecule has 6 N–H and O–H groups in total. The first-order valence-electron chi connectivity index (χ1n) is 12.0. The number of benzene rings is 1. The molecule has 3 aliphatic carbocycles. The highest BCUT2D eigenvalue weighted by atomic mass is 32.1. The van der Waals surface area contributed by atoms with Crippen molar-refractivity contribution in [3.63, 3.8) is 0 Å². The van der Waals surface area contributed by atoms with Crippen LogP contribution in [0.1, 0.15) is 38.5 Å². The minimum Gasteiger partial charge on any atom is -0.510 e. The molecule has 0 spiro atoms. The van der Waals surface area contributed by atoms with E-state index in [9.17, 15) is 34.8 Å². The maximum absolute atomic E-state index is 13.7. The molecule has 3 aliphatic rings. The number of aliphatic hydroxyl groups is 3. The molecule has 0 unspecified atom stereocenters. The number of primary amides is 1. The zero-order valence-corrected chi connectivity index (χ0v) is 21.7. The Morgan fingerprint density at radius 2 is 1.92 bits per heavy atom. The molecule has 5 rings (SSSR count). The van der Waals surface area contributed by atoms with Crippen molar-refractivity contribution in [2.24, 2.45) is 17.6 Å². The zero-order chi connectivity index (χ0) is 27.7. The Morgan fingerprint density at radius 3 is 2.53 bits per heavy atom. The van der Waals surface area contributed by atoms with Crippen molar-refractivity contribution in [1.29, 1.82) is 0 Å². The van der Waals surface area contributed by atoms with Gasteiger partial charge in [-0.05, 0) is 63.0 Å². The van der Waals surface area contributed by atoms with Crippen LogP contribution in [0.25, 0.3) is 12.2 Å². The molecule has 0 fully saturated rings. The number of aromatic nitrogens is 1. The fourth-order valence-corrected chi connectivity index (χ4v) is 6.76. The monoisotopic (exact) mass is 537 g/mol. The molecule has 11 heteroatoms. The molecule has 4 atom stereocenters. The Labute approximate surface area is 222 Å². The molecule has 1 heterocycles. The summed E-state index contributed by atoms with van der Waals surface area (Å²) in [6.07, 6.45) is 3.98. The number of allylic oxidation sites excluding steroid dienone is 1. The first-order chi connectivity index (χ1) is 17.9. The number of nitrogens with two attached hydrogens (primary N) is 1. The number of amides is 1. The van der Waals surface area contributed by atoms with E-state index in [1.807, 2.05) is 19.1 Å². The third-order valence-electron chi connectivity index (χ3n) is 7.84. The van der Waals surface area contributed by atoms with Crippen molar-refractivity contribution in [2.45, 2.75) is 31.4 Å². The molecule has 0 saturated heterocycles. The van der Waals surface area contributed by atoms with Crippen LogP contribution in [-0.4, -0.2) is 73.5 Å². The molecule has 0 aliphatic heterocycles. The summed E-state index contributed by atoms with van der Waals surface area (Å²) in [5.74, 6) is -6.67. The number of carbonyl (C=O) groups excluding carboxylic acids is 3. The number of phenolic OH excluding ortho intramolecular Hbond substituents is 1. The van der Waals surface area contributed by atoms with Gasteiger partial charge >= 0.3 is 0 Å². The summed E-state index contributed by atoms with van der Waals surface area (Å²) in [4.78, 5) is 45.8. The van der Waals surface area contributed by atoms with Gasteiger partial charge in [0.05, 0.1) is 22.8 Å². The molecule has 0 radical (unpaired) electrons. The van der Waals surface area contributed by atoms with Crippen LogP contribution in [0.4, 0.5) is 0 Å². The predicted molar refractivity (Wildman–Crippen MR) is 139 cm³/mol. The van der Waals surface area contributed by atoms with E-state index < -0.39 is 58.0 Å². The van der Waals surface area contributed by atoms with E-state index in [0.29, 0.717) is 11.1 Å². The smallest absolute Gasteiger partial charge is 0.255 e. The van der Waals surface area contributed by atoms with Crippen molar-refractivity contribution in [3.8, 4) is 5.75 Å². The second kappa shape index (κ2) is 8.90. The Bertz CT molecular complexity index is 1500. The molecule has 2 aromatic rings. The highest BCUT2D eigenvalue weighted by molar-refractivity contribution is 7.10. The van der Waals surface area contributed by atoms with E-state index in [-0.39, 0.29) is 29.7 Å². The average Bonchev–Trinajstić information content (AvgIpc) is 3.25. The van der Waals surface area contributed by atoms with Crippen molar-refractivity contribution in [1.82, 2.24) is 9.88 Å². The standard InChI is InChI=1S/C27H27N3O7S/c1-11-17(38-10-29-11)7-5-12-4-6-16(31)19-14(12)8-13-9-15-21(30(2)3)23(33)20(26(28)36)25(35)27(15,37)24(34)18(13)22(19)32/h4-7,10,13,15,21,31,33-34,37H,8-9H2,1-3H3,(H2,28,36)/b7-5+/t13-,15+,21+,27-/m1/s1. The number of rotatable bonds is 4. The van der Waals surface area contributed by atoms with Crippen LogP contribution in [0, 0.1) is 18.8 Å². The summed E-state index contributed by atoms with van der Waals surface area (Å²) in [7, 11) is 3.19. The summed E-state index contributed by atoms with van der Waals surface area (Å²) in [6.45, 7) is 1.88. The maximum atomic E-state index is 13.7. The molecule has 1 aromatic heterocycles. The minimum atomic E-state index is -2.65. The van der Waals surface area contributed by atoms with E-state index in [0.717, 1.165) is 10.6 Å². The third-order valence-corrected chi connectivity index (χ3v) is 8.74. The Balaban J connectivity index is 1.67. The number of fused-ring (bicyclic) bond motifs is 3. The van der Waals surface area contributed by atoms with Crippen LogP contribution in [0.5, 0.6) is 5.75 Å². The van der Waals surface area contributed by atoms with Crippen LogP contribution in [0.3, 0.4) is 0 Å². The summed E-state index contributed by atoms with van der Waals surface area (Å²) in [6, 6.07) is 2.05. The predicted octanol–water partition coefficient (Wildman–Crippen LogP) is 2.06. The lowest BCUT2D eigenvalue weighted by atomic mass is 9.58. The largest absolute Gasteiger partial charge is 0.510 e. The van der Waals surface area contributed by atoms with E-state index in [4.69, 9.17) is 5.73 Å². The van der Waals surface area contributed by atoms with Crippen molar-refractivity contribution < 1.29 is 34.8 Å². The number of hydrogen-bond donors (Lipinski definition) is 5. The number of thiazole rings is 1. The van der Waals surface area contributed by atoms with Gasteiger partial charge in [-0.1, -0.05) is 12.1 Å². The van der Waals surface area contributed by atoms with Gasteiger partial charge in [0, 0.05) is 16.4 Å². The lowest BCUT2D eigenvalue weighted by Crippen LogP contribution is -2.63. The number of ketones is 2. The maximum Gasteiger partial charge on any atom is 0.255 e. The zero-order valence-electron chi connectivity index (χ0n) is 20.9. The van der Waals surface area contributed by atoms with Gasteiger partial charge in [-0.15, -0.1) is 11.3 Å². The number of Topliss-reactive ketones (excluding diaryl/α,β-unsaturated/α-hetero) is 2.